The van der Waals surface area contributed by atoms with Crippen LogP contribution in [0.2, 0.25) is 0 Å². The standard InChI is InChI=1S/C10H9NO3/c1-7(12)13-6-10-11-8-4-2-3-5-9(8)14-10/h2-5H,6H2,1H3. The minimum atomic E-state index is -0.341. The Morgan fingerprint density at radius 2 is 2.29 bits per heavy atom. The van der Waals surface area contributed by atoms with Gasteiger partial charge in [0.15, 0.2) is 12.2 Å². The molecule has 0 atom stereocenters. The topological polar surface area (TPSA) is 52.3 Å². The summed E-state index contributed by atoms with van der Waals surface area (Å²) in [6.45, 7) is 1.44. The molecule has 1 heterocycles. The molecule has 2 aromatic rings. The molecule has 4 nitrogen and oxygen atoms in total. The van der Waals surface area contributed by atoms with Crippen LogP contribution in [0.3, 0.4) is 0 Å². The lowest BCUT2D eigenvalue weighted by atomic mass is 10.3. The van der Waals surface area contributed by atoms with E-state index in [9.17, 15) is 4.79 Å². The first-order valence-electron chi connectivity index (χ1n) is 4.23. The van der Waals surface area contributed by atoms with Crippen LogP contribution in [0.5, 0.6) is 0 Å². The first kappa shape index (κ1) is 8.74. The summed E-state index contributed by atoms with van der Waals surface area (Å²) in [7, 11) is 0. The number of hydrogen-bond acceptors (Lipinski definition) is 4. The van der Waals surface area contributed by atoms with E-state index in [1.807, 2.05) is 24.3 Å². The molecule has 0 N–H and O–H groups in total. The fraction of sp³-hybridized carbons (Fsp3) is 0.200. The summed E-state index contributed by atoms with van der Waals surface area (Å²) in [5, 5.41) is 0. The van der Waals surface area contributed by atoms with Gasteiger partial charge in [0.1, 0.15) is 5.52 Å². The van der Waals surface area contributed by atoms with Crippen molar-refractivity contribution < 1.29 is 13.9 Å². The Kier molecular flexibility index (Phi) is 2.18. The number of rotatable bonds is 2. The second kappa shape index (κ2) is 3.49. The van der Waals surface area contributed by atoms with Crippen LogP contribution < -0.4 is 0 Å². The van der Waals surface area contributed by atoms with E-state index >= 15 is 0 Å². The third-order valence-electron chi connectivity index (χ3n) is 1.74. The van der Waals surface area contributed by atoms with E-state index in [0.717, 1.165) is 5.52 Å². The number of ether oxygens (including phenoxy) is 1. The van der Waals surface area contributed by atoms with Crippen LogP contribution in [0, 0.1) is 0 Å². The van der Waals surface area contributed by atoms with Gasteiger partial charge < -0.3 is 9.15 Å². The molecule has 0 radical (unpaired) electrons. The maximum Gasteiger partial charge on any atom is 0.303 e. The van der Waals surface area contributed by atoms with Crippen molar-refractivity contribution >= 4 is 17.1 Å². The van der Waals surface area contributed by atoms with E-state index < -0.39 is 0 Å². The number of esters is 1. The maximum absolute atomic E-state index is 10.5. The molecule has 1 aromatic carbocycles. The van der Waals surface area contributed by atoms with Crippen molar-refractivity contribution in [1.29, 1.82) is 0 Å². The summed E-state index contributed by atoms with van der Waals surface area (Å²) in [6, 6.07) is 7.40. The van der Waals surface area contributed by atoms with Crippen molar-refractivity contribution in [3.63, 3.8) is 0 Å². The lowest BCUT2D eigenvalue weighted by molar-refractivity contribution is -0.142. The molecule has 0 amide bonds. The zero-order chi connectivity index (χ0) is 9.97. The second-order valence-corrected chi connectivity index (χ2v) is 2.86. The quantitative estimate of drug-likeness (QED) is 0.680. The molecular formula is C10H9NO3. The van der Waals surface area contributed by atoms with Gasteiger partial charge in [0.25, 0.3) is 0 Å². The Bertz CT molecular complexity index is 428. The summed E-state index contributed by atoms with van der Waals surface area (Å²) in [5.41, 5.74) is 1.48. The van der Waals surface area contributed by atoms with E-state index in [4.69, 9.17) is 9.15 Å². The Labute approximate surface area is 80.5 Å². The smallest absolute Gasteiger partial charge is 0.303 e. The number of carbonyl (C=O) groups excluding carboxylic acids is 1. The molecule has 0 aliphatic heterocycles. The molecule has 0 bridgehead atoms. The highest BCUT2D eigenvalue weighted by atomic mass is 16.5. The van der Waals surface area contributed by atoms with Crippen molar-refractivity contribution in [3.05, 3.63) is 30.2 Å². The molecule has 0 saturated heterocycles. The number of carbonyl (C=O) groups is 1. The monoisotopic (exact) mass is 191 g/mol. The van der Waals surface area contributed by atoms with E-state index in [0.29, 0.717) is 11.5 Å². The number of oxazole rings is 1. The molecule has 1 aromatic heterocycles. The molecule has 0 unspecified atom stereocenters. The molecule has 72 valence electrons. The van der Waals surface area contributed by atoms with Crippen molar-refractivity contribution in [2.24, 2.45) is 0 Å². The first-order valence-corrected chi connectivity index (χ1v) is 4.23. The molecule has 0 spiro atoms. The van der Waals surface area contributed by atoms with Gasteiger partial charge in [-0.2, -0.15) is 0 Å². The zero-order valence-electron chi connectivity index (χ0n) is 7.69. The number of benzene rings is 1. The van der Waals surface area contributed by atoms with Gasteiger partial charge in [0.2, 0.25) is 5.89 Å². The average molecular weight is 191 g/mol. The molecule has 0 aliphatic carbocycles. The van der Waals surface area contributed by atoms with Crippen LogP contribution in [0.1, 0.15) is 12.8 Å². The summed E-state index contributed by atoms with van der Waals surface area (Å²) in [6.07, 6.45) is 0. The van der Waals surface area contributed by atoms with Crippen molar-refractivity contribution in [1.82, 2.24) is 4.98 Å². The highest BCUT2D eigenvalue weighted by Gasteiger charge is 2.05. The molecular weight excluding hydrogens is 182 g/mol. The fourth-order valence-electron chi connectivity index (χ4n) is 1.15. The average Bonchev–Trinajstić information content (AvgIpc) is 2.57. The van der Waals surface area contributed by atoms with Gasteiger partial charge >= 0.3 is 5.97 Å². The Balaban J connectivity index is 2.22. The summed E-state index contributed by atoms with van der Waals surface area (Å²) in [4.78, 5) is 14.7. The number of nitrogens with zero attached hydrogens (tertiary/aromatic N) is 1. The van der Waals surface area contributed by atoms with Gasteiger partial charge in [-0.25, -0.2) is 4.98 Å². The molecule has 0 aliphatic rings. The van der Waals surface area contributed by atoms with Gasteiger partial charge in [-0.05, 0) is 12.1 Å². The van der Waals surface area contributed by atoms with E-state index in [1.54, 1.807) is 0 Å². The van der Waals surface area contributed by atoms with Crippen molar-refractivity contribution in [2.45, 2.75) is 13.5 Å². The predicted molar refractivity (Wildman–Crippen MR) is 49.5 cm³/mol. The number of para-hydroxylation sites is 2. The first-order chi connectivity index (χ1) is 6.75. The third-order valence-corrected chi connectivity index (χ3v) is 1.74. The van der Waals surface area contributed by atoms with Gasteiger partial charge in [-0.1, -0.05) is 12.1 Å². The number of hydrogen-bond donors (Lipinski definition) is 0. The van der Waals surface area contributed by atoms with Crippen LogP contribution in [0.15, 0.2) is 28.7 Å². The lowest BCUT2D eigenvalue weighted by Gasteiger charge is -1.94. The Hall–Kier alpha value is -1.84. The van der Waals surface area contributed by atoms with Crippen LogP contribution in [0.25, 0.3) is 11.1 Å². The minimum Gasteiger partial charge on any atom is -0.456 e. The molecule has 0 fully saturated rings. The molecule has 0 saturated carbocycles. The van der Waals surface area contributed by atoms with E-state index in [1.165, 1.54) is 6.92 Å². The second-order valence-electron chi connectivity index (χ2n) is 2.86. The van der Waals surface area contributed by atoms with Crippen LogP contribution in [0.4, 0.5) is 0 Å². The van der Waals surface area contributed by atoms with Crippen LogP contribution in [-0.4, -0.2) is 11.0 Å². The Morgan fingerprint density at radius 3 is 3.00 bits per heavy atom. The number of fused-ring (bicyclic) bond motifs is 1. The summed E-state index contributed by atoms with van der Waals surface area (Å²) >= 11 is 0. The molecule has 4 heteroatoms. The van der Waals surface area contributed by atoms with Crippen molar-refractivity contribution in [2.75, 3.05) is 0 Å². The largest absolute Gasteiger partial charge is 0.456 e. The fourth-order valence-corrected chi connectivity index (χ4v) is 1.15. The van der Waals surface area contributed by atoms with Crippen LogP contribution >= 0.6 is 0 Å². The van der Waals surface area contributed by atoms with Crippen molar-refractivity contribution in [3.8, 4) is 0 Å². The molecule has 2 rings (SSSR count). The lowest BCUT2D eigenvalue weighted by Crippen LogP contribution is -1.98. The van der Waals surface area contributed by atoms with Crippen LogP contribution in [-0.2, 0) is 16.1 Å². The van der Waals surface area contributed by atoms with Gasteiger partial charge in [0.05, 0.1) is 0 Å². The minimum absolute atomic E-state index is 0.0873. The van der Waals surface area contributed by atoms with Gasteiger partial charge in [0, 0.05) is 6.92 Å². The number of aromatic nitrogens is 1. The van der Waals surface area contributed by atoms with E-state index in [-0.39, 0.29) is 12.6 Å². The van der Waals surface area contributed by atoms with Gasteiger partial charge in [-0.3, -0.25) is 4.79 Å². The van der Waals surface area contributed by atoms with Gasteiger partial charge in [-0.15, -0.1) is 0 Å². The SMILES string of the molecule is CC(=O)OCc1nc2ccccc2o1. The normalized spacial score (nSPS) is 10.4. The zero-order valence-corrected chi connectivity index (χ0v) is 7.69. The third kappa shape index (κ3) is 1.74. The Morgan fingerprint density at radius 1 is 1.50 bits per heavy atom. The molecule has 14 heavy (non-hydrogen) atoms. The van der Waals surface area contributed by atoms with E-state index in [2.05, 4.69) is 4.98 Å². The summed E-state index contributed by atoms with van der Waals surface area (Å²) < 4.78 is 10.1. The summed E-state index contributed by atoms with van der Waals surface area (Å²) in [5.74, 6) is 0.0775. The predicted octanol–water partition coefficient (Wildman–Crippen LogP) is 1.89. The highest BCUT2D eigenvalue weighted by Crippen LogP contribution is 2.14. The maximum atomic E-state index is 10.5. The highest BCUT2D eigenvalue weighted by molar-refractivity contribution is 5.72.